The van der Waals surface area contributed by atoms with Crippen molar-refractivity contribution in [1.82, 2.24) is 25.1 Å². The molecular formula is C20H24N6O. The fraction of sp³-hybridized carbons (Fsp3) is 0.450. The summed E-state index contributed by atoms with van der Waals surface area (Å²) in [7, 11) is 0. The first-order valence-electron chi connectivity index (χ1n) is 9.50. The van der Waals surface area contributed by atoms with Gasteiger partial charge in [-0.2, -0.15) is 4.98 Å². The molecule has 1 aliphatic heterocycles. The van der Waals surface area contributed by atoms with Gasteiger partial charge in [-0.15, -0.1) is 0 Å². The Balaban J connectivity index is 1.51. The van der Waals surface area contributed by atoms with E-state index in [2.05, 4.69) is 38.9 Å². The summed E-state index contributed by atoms with van der Waals surface area (Å²) in [5.74, 6) is 3.01. The van der Waals surface area contributed by atoms with Crippen LogP contribution in [0.2, 0.25) is 0 Å². The third-order valence-corrected chi connectivity index (χ3v) is 4.73. The molecule has 1 saturated heterocycles. The molecule has 7 nitrogen and oxygen atoms in total. The molecule has 0 spiro atoms. The second-order valence-electron chi connectivity index (χ2n) is 7.42. The normalized spacial score (nSPS) is 17.4. The van der Waals surface area contributed by atoms with Gasteiger partial charge in [0.15, 0.2) is 5.82 Å². The van der Waals surface area contributed by atoms with Gasteiger partial charge in [0.2, 0.25) is 11.8 Å². The minimum Gasteiger partial charge on any atom is -0.340 e. The Morgan fingerprint density at radius 3 is 2.96 bits per heavy atom. The van der Waals surface area contributed by atoms with Crippen LogP contribution < -0.4 is 4.90 Å². The highest BCUT2D eigenvalue weighted by molar-refractivity contribution is 5.58. The van der Waals surface area contributed by atoms with E-state index < -0.39 is 0 Å². The molecule has 1 aliphatic rings. The molecule has 7 heteroatoms. The van der Waals surface area contributed by atoms with Crippen LogP contribution in [0.1, 0.15) is 44.3 Å². The third-order valence-electron chi connectivity index (χ3n) is 4.73. The Bertz CT molecular complexity index is 879. The molecular weight excluding hydrogens is 340 g/mol. The lowest BCUT2D eigenvalue weighted by molar-refractivity contribution is 0.329. The zero-order valence-corrected chi connectivity index (χ0v) is 15.7. The summed E-state index contributed by atoms with van der Waals surface area (Å²) >= 11 is 0. The van der Waals surface area contributed by atoms with Gasteiger partial charge in [-0.1, -0.05) is 19.0 Å². The van der Waals surface area contributed by atoms with Gasteiger partial charge >= 0.3 is 0 Å². The molecule has 1 atom stereocenters. The SMILES string of the molecule is CC(C)Cc1noc(C2CCCN(c3nccc(-c4cccnc4)n3)C2)n1. The lowest BCUT2D eigenvalue weighted by Gasteiger charge is -2.31. The van der Waals surface area contributed by atoms with Gasteiger partial charge < -0.3 is 9.42 Å². The molecule has 0 radical (unpaired) electrons. The summed E-state index contributed by atoms with van der Waals surface area (Å²) < 4.78 is 5.55. The van der Waals surface area contributed by atoms with Crippen LogP contribution in [0.3, 0.4) is 0 Å². The predicted octanol–water partition coefficient (Wildman–Crippen LogP) is 3.50. The average molecular weight is 364 g/mol. The van der Waals surface area contributed by atoms with Crippen molar-refractivity contribution < 1.29 is 4.52 Å². The molecule has 0 aromatic carbocycles. The Kier molecular flexibility index (Phi) is 5.09. The van der Waals surface area contributed by atoms with Gasteiger partial charge in [0, 0.05) is 43.7 Å². The molecule has 140 valence electrons. The fourth-order valence-corrected chi connectivity index (χ4v) is 3.42. The van der Waals surface area contributed by atoms with Gasteiger partial charge in [-0.3, -0.25) is 4.98 Å². The number of hydrogen-bond donors (Lipinski definition) is 0. The first kappa shape index (κ1) is 17.6. The smallest absolute Gasteiger partial charge is 0.231 e. The molecule has 0 aliphatic carbocycles. The van der Waals surface area contributed by atoms with Crippen LogP contribution in [0, 0.1) is 5.92 Å². The van der Waals surface area contributed by atoms with E-state index in [0.717, 1.165) is 61.3 Å². The number of hydrogen-bond acceptors (Lipinski definition) is 7. The van der Waals surface area contributed by atoms with E-state index in [-0.39, 0.29) is 5.92 Å². The largest absolute Gasteiger partial charge is 0.340 e. The first-order chi connectivity index (χ1) is 13.2. The van der Waals surface area contributed by atoms with Crippen LogP contribution in [0.25, 0.3) is 11.3 Å². The van der Waals surface area contributed by atoms with Crippen LogP contribution in [-0.2, 0) is 6.42 Å². The van der Waals surface area contributed by atoms with Crippen LogP contribution in [-0.4, -0.2) is 38.2 Å². The molecule has 1 fully saturated rings. The van der Waals surface area contributed by atoms with Gasteiger partial charge in [0.25, 0.3) is 0 Å². The summed E-state index contributed by atoms with van der Waals surface area (Å²) in [6, 6.07) is 5.84. The van der Waals surface area contributed by atoms with E-state index in [4.69, 9.17) is 9.51 Å². The number of pyridine rings is 1. The van der Waals surface area contributed by atoms with Crippen molar-refractivity contribution in [3.63, 3.8) is 0 Å². The lowest BCUT2D eigenvalue weighted by Crippen LogP contribution is -2.35. The van der Waals surface area contributed by atoms with Crippen molar-refractivity contribution in [3.05, 3.63) is 48.5 Å². The number of aromatic nitrogens is 5. The minimum atomic E-state index is 0.220. The zero-order valence-electron chi connectivity index (χ0n) is 15.7. The van der Waals surface area contributed by atoms with E-state index in [9.17, 15) is 0 Å². The second kappa shape index (κ2) is 7.82. The molecule has 4 heterocycles. The summed E-state index contributed by atoms with van der Waals surface area (Å²) in [5.41, 5.74) is 1.87. The monoisotopic (exact) mass is 364 g/mol. The van der Waals surface area contributed by atoms with Crippen LogP contribution in [0.4, 0.5) is 5.95 Å². The van der Waals surface area contributed by atoms with Crippen LogP contribution >= 0.6 is 0 Å². The summed E-state index contributed by atoms with van der Waals surface area (Å²) in [6.07, 6.45) is 8.33. The molecule has 0 saturated carbocycles. The molecule has 1 unspecified atom stereocenters. The standard InChI is InChI=1S/C20H24N6O/c1-14(2)11-18-24-19(27-25-18)16-6-4-10-26(13-16)20-22-9-7-17(23-20)15-5-3-8-21-12-15/h3,5,7-9,12,14,16H,4,6,10-11,13H2,1-2H3. The average Bonchev–Trinajstić information content (AvgIpc) is 3.17. The van der Waals surface area contributed by atoms with Crippen molar-refractivity contribution >= 4 is 5.95 Å². The molecule has 3 aromatic heterocycles. The maximum Gasteiger partial charge on any atom is 0.231 e. The lowest BCUT2D eigenvalue weighted by atomic mass is 9.98. The van der Waals surface area contributed by atoms with Gasteiger partial charge in [0.1, 0.15) is 0 Å². The Labute approximate surface area is 158 Å². The van der Waals surface area contributed by atoms with Crippen molar-refractivity contribution in [1.29, 1.82) is 0 Å². The molecule has 0 N–H and O–H groups in total. The number of piperidine rings is 1. The Hall–Kier alpha value is -2.83. The maximum absolute atomic E-state index is 5.55. The highest BCUT2D eigenvalue weighted by Crippen LogP contribution is 2.28. The predicted molar refractivity (Wildman–Crippen MR) is 102 cm³/mol. The van der Waals surface area contributed by atoms with Gasteiger partial charge in [-0.25, -0.2) is 9.97 Å². The number of rotatable bonds is 5. The van der Waals surface area contributed by atoms with E-state index in [1.54, 1.807) is 6.20 Å². The maximum atomic E-state index is 5.55. The van der Waals surface area contributed by atoms with Crippen molar-refractivity contribution in [3.8, 4) is 11.3 Å². The van der Waals surface area contributed by atoms with Crippen LogP contribution in [0.15, 0.2) is 41.3 Å². The van der Waals surface area contributed by atoms with Crippen molar-refractivity contribution in [2.75, 3.05) is 18.0 Å². The van der Waals surface area contributed by atoms with Crippen LogP contribution in [0.5, 0.6) is 0 Å². The van der Waals surface area contributed by atoms with Crippen molar-refractivity contribution in [2.24, 2.45) is 5.92 Å². The fourth-order valence-electron chi connectivity index (χ4n) is 3.42. The molecule has 0 bridgehead atoms. The van der Waals surface area contributed by atoms with E-state index in [1.165, 1.54) is 0 Å². The molecule has 27 heavy (non-hydrogen) atoms. The second-order valence-corrected chi connectivity index (χ2v) is 7.42. The van der Waals surface area contributed by atoms with Gasteiger partial charge in [-0.05, 0) is 37.0 Å². The Morgan fingerprint density at radius 2 is 2.15 bits per heavy atom. The Morgan fingerprint density at radius 1 is 1.22 bits per heavy atom. The quantitative estimate of drug-likeness (QED) is 0.685. The number of nitrogens with zero attached hydrogens (tertiary/aromatic N) is 6. The highest BCUT2D eigenvalue weighted by atomic mass is 16.5. The van der Waals surface area contributed by atoms with E-state index >= 15 is 0 Å². The topological polar surface area (TPSA) is 80.8 Å². The molecule has 4 rings (SSSR count). The third kappa shape index (κ3) is 4.13. The molecule has 3 aromatic rings. The number of anilines is 1. The highest BCUT2D eigenvalue weighted by Gasteiger charge is 2.27. The zero-order chi connectivity index (χ0) is 18.6. The van der Waals surface area contributed by atoms with Crippen molar-refractivity contribution in [2.45, 2.75) is 39.0 Å². The summed E-state index contributed by atoms with van der Waals surface area (Å²) in [5, 5.41) is 4.14. The summed E-state index contributed by atoms with van der Waals surface area (Å²) in [4.78, 5) is 20.2. The van der Waals surface area contributed by atoms with E-state index in [1.807, 2.05) is 30.6 Å². The molecule has 0 amide bonds. The first-order valence-corrected chi connectivity index (χ1v) is 9.50. The van der Waals surface area contributed by atoms with E-state index in [0.29, 0.717) is 5.92 Å². The van der Waals surface area contributed by atoms with Gasteiger partial charge in [0.05, 0.1) is 11.6 Å². The minimum absolute atomic E-state index is 0.220. The summed E-state index contributed by atoms with van der Waals surface area (Å²) in [6.45, 7) is 6.04.